The summed E-state index contributed by atoms with van der Waals surface area (Å²) in [7, 11) is 0. The third-order valence-electron chi connectivity index (χ3n) is 3.21. The maximum absolute atomic E-state index is 4.54. The highest BCUT2D eigenvalue weighted by molar-refractivity contribution is 8.07. The fraction of sp³-hybridized carbons (Fsp3) is 0.294. The van der Waals surface area contributed by atoms with Crippen molar-refractivity contribution in [3.05, 3.63) is 34.7 Å². The molecule has 23 heavy (non-hydrogen) atoms. The van der Waals surface area contributed by atoms with E-state index in [-0.39, 0.29) is 0 Å². The minimum Gasteiger partial charge on any atom is -0.172 e. The van der Waals surface area contributed by atoms with Gasteiger partial charge in [0.2, 0.25) is 0 Å². The number of rotatable bonds is 3. The molecule has 0 atom stereocenters. The van der Waals surface area contributed by atoms with Gasteiger partial charge in [-0.1, -0.05) is 31.6 Å². The normalized spacial score (nSPS) is 10.3. The van der Waals surface area contributed by atoms with E-state index in [9.17, 15) is 0 Å². The number of benzene rings is 1. The standard InChI is InChI=1S/C15H14N2S4.C2H6/c1-8(2)14(19-3)9-4-5-10(13-12(9)16-21-17-13)15-11(18)6-7-20-15;1-2/h4-7,18H,1-3H3;1-2H3. The molecule has 6 heteroatoms. The van der Waals surface area contributed by atoms with Crippen LogP contribution in [-0.4, -0.2) is 15.0 Å². The number of fused-ring (bicyclic) bond motifs is 1. The summed E-state index contributed by atoms with van der Waals surface area (Å²) < 4.78 is 9.06. The molecule has 0 spiro atoms. The Balaban J connectivity index is 0.000000924. The molecule has 0 amide bonds. The first kappa shape index (κ1) is 18.5. The number of allylic oxidation sites excluding steroid dienone is 1. The minimum atomic E-state index is 0.975. The first-order valence-corrected chi connectivity index (χ1v) is 10.7. The van der Waals surface area contributed by atoms with E-state index in [0.29, 0.717) is 0 Å². The van der Waals surface area contributed by atoms with E-state index in [1.54, 1.807) is 23.1 Å². The van der Waals surface area contributed by atoms with Crippen molar-refractivity contribution in [1.82, 2.24) is 8.75 Å². The van der Waals surface area contributed by atoms with E-state index in [0.717, 1.165) is 26.4 Å². The Morgan fingerprint density at radius 2 is 1.78 bits per heavy atom. The van der Waals surface area contributed by atoms with E-state index in [2.05, 4.69) is 59.0 Å². The van der Waals surface area contributed by atoms with Crippen molar-refractivity contribution < 1.29 is 0 Å². The number of thiophene rings is 1. The topological polar surface area (TPSA) is 25.8 Å². The number of hydrogen-bond donors (Lipinski definition) is 1. The molecule has 0 unspecified atom stereocenters. The van der Waals surface area contributed by atoms with E-state index in [1.807, 2.05) is 19.9 Å². The first-order valence-electron chi connectivity index (χ1n) is 7.37. The molecular formula is C17H20N2S4. The molecular weight excluding hydrogens is 360 g/mol. The molecule has 0 saturated heterocycles. The lowest BCUT2D eigenvalue weighted by Crippen LogP contribution is -1.88. The zero-order chi connectivity index (χ0) is 17.0. The van der Waals surface area contributed by atoms with Crippen LogP contribution in [0.25, 0.3) is 26.4 Å². The van der Waals surface area contributed by atoms with Crippen LogP contribution in [-0.2, 0) is 0 Å². The highest BCUT2D eigenvalue weighted by Gasteiger charge is 2.16. The van der Waals surface area contributed by atoms with Gasteiger partial charge in [-0.05, 0) is 31.5 Å². The van der Waals surface area contributed by atoms with Gasteiger partial charge in [-0.25, -0.2) is 0 Å². The number of aromatic nitrogens is 2. The van der Waals surface area contributed by atoms with Crippen molar-refractivity contribution in [2.24, 2.45) is 0 Å². The molecule has 0 saturated carbocycles. The van der Waals surface area contributed by atoms with Crippen LogP contribution in [0.4, 0.5) is 0 Å². The van der Waals surface area contributed by atoms with Crippen LogP contribution in [0.5, 0.6) is 0 Å². The Morgan fingerprint density at radius 1 is 1.09 bits per heavy atom. The third kappa shape index (κ3) is 3.65. The summed E-state index contributed by atoms with van der Waals surface area (Å²) in [5.74, 6) is 0. The Morgan fingerprint density at radius 3 is 2.35 bits per heavy atom. The summed E-state index contributed by atoms with van der Waals surface area (Å²) in [6.45, 7) is 8.27. The number of hydrogen-bond acceptors (Lipinski definition) is 6. The molecule has 2 aromatic heterocycles. The van der Waals surface area contributed by atoms with Crippen molar-refractivity contribution in [3.8, 4) is 10.4 Å². The van der Waals surface area contributed by atoms with Crippen molar-refractivity contribution in [2.45, 2.75) is 32.6 Å². The number of thioether (sulfide) groups is 1. The van der Waals surface area contributed by atoms with Crippen LogP contribution in [0.15, 0.2) is 34.0 Å². The number of thiol groups is 1. The zero-order valence-corrected chi connectivity index (χ0v) is 17.2. The van der Waals surface area contributed by atoms with E-state index >= 15 is 0 Å². The van der Waals surface area contributed by atoms with Gasteiger partial charge in [-0.2, -0.15) is 8.75 Å². The summed E-state index contributed by atoms with van der Waals surface area (Å²) in [4.78, 5) is 3.43. The minimum absolute atomic E-state index is 0.975. The fourth-order valence-electron chi connectivity index (χ4n) is 2.32. The zero-order valence-electron chi connectivity index (χ0n) is 13.9. The lowest BCUT2D eigenvalue weighted by atomic mass is 10.1. The van der Waals surface area contributed by atoms with Gasteiger partial charge in [-0.3, -0.25) is 0 Å². The lowest BCUT2D eigenvalue weighted by Gasteiger charge is -2.09. The van der Waals surface area contributed by atoms with Crippen LogP contribution in [0.2, 0.25) is 0 Å². The molecule has 122 valence electrons. The van der Waals surface area contributed by atoms with Gasteiger partial charge in [0, 0.05) is 25.8 Å². The lowest BCUT2D eigenvalue weighted by molar-refractivity contribution is 1.41. The second kappa shape index (κ2) is 8.33. The highest BCUT2D eigenvalue weighted by Crippen LogP contribution is 2.40. The van der Waals surface area contributed by atoms with Gasteiger partial charge in [0.15, 0.2) is 0 Å². The van der Waals surface area contributed by atoms with E-state index in [1.165, 1.54) is 27.8 Å². The van der Waals surface area contributed by atoms with Crippen molar-refractivity contribution in [3.63, 3.8) is 0 Å². The Labute approximate surface area is 155 Å². The van der Waals surface area contributed by atoms with Gasteiger partial charge in [-0.15, -0.1) is 35.7 Å². The monoisotopic (exact) mass is 380 g/mol. The van der Waals surface area contributed by atoms with Gasteiger partial charge in [0.1, 0.15) is 11.0 Å². The Kier molecular flexibility index (Phi) is 6.71. The van der Waals surface area contributed by atoms with Gasteiger partial charge < -0.3 is 0 Å². The van der Waals surface area contributed by atoms with Crippen LogP contribution in [0.3, 0.4) is 0 Å². The SMILES string of the molecule is CC.CSC(=C(C)C)c1ccc(-c2sccc2S)c2nsnc12. The maximum Gasteiger partial charge on any atom is 0.114 e. The maximum atomic E-state index is 4.54. The molecule has 0 radical (unpaired) electrons. The smallest absolute Gasteiger partial charge is 0.114 e. The molecule has 1 aromatic carbocycles. The van der Waals surface area contributed by atoms with Crippen molar-refractivity contribution in [1.29, 1.82) is 0 Å². The van der Waals surface area contributed by atoms with E-state index in [4.69, 9.17) is 0 Å². The molecule has 0 fully saturated rings. The molecule has 0 aliphatic heterocycles. The molecule has 0 N–H and O–H groups in total. The second-order valence-electron chi connectivity index (χ2n) is 4.79. The first-order chi connectivity index (χ1) is 11.1. The molecule has 0 bridgehead atoms. The molecule has 2 nitrogen and oxygen atoms in total. The van der Waals surface area contributed by atoms with Gasteiger partial charge >= 0.3 is 0 Å². The van der Waals surface area contributed by atoms with Crippen LogP contribution in [0.1, 0.15) is 33.3 Å². The molecule has 0 aliphatic carbocycles. The van der Waals surface area contributed by atoms with Gasteiger partial charge in [0.25, 0.3) is 0 Å². The Hall–Kier alpha value is -0.820. The summed E-state index contributed by atoms with van der Waals surface area (Å²) in [5, 5.41) is 2.06. The predicted octanol–water partition coefficient (Wildman–Crippen LogP) is 6.85. The second-order valence-corrected chi connectivity index (χ2v) is 7.53. The summed E-state index contributed by atoms with van der Waals surface area (Å²) in [6, 6.07) is 6.32. The number of nitrogens with zero attached hydrogens (tertiary/aromatic N) is 2. The highest BCUT2D eigenvalue weighted by atomic mass is 32.2. The van der Waals surface area contributed by atoms with Crippen molar-refractivity contribution in [2.75, 3.05) is 6.26 Å². The van der Waals surface area contributed by atoms with Gasteiger partial charge in [0.05, 0.1) is 11.7 Å². The van der Waals surface area contributed by atoms with Crippen LogP contribution >= 0.6 is 47.5 Å². The van der Waals surface area contributed by atoms with Crippen LogP contribution < -0.4 is 0 Å². The predicted molar refractivity (Wildman–Crippen MR) is 111 cm³/mol. The average Bonchev–Trinajstić information content (AvgIpc) is 3.19. The van der Waals surface area contributed by atoms with E-state index < -0.39 is 0 Å². The van der Waals surface area contributed by atoms with Crippen LogP contribution in [0, 0.1) is 0 Å². The molecule has 2 heterocycles. The largest absolute Gasteiger partial charge is 0.172 e. The summed E-state index contributed by atoms with van der Waals surface area (Å²) in [6.07, 6.45) is 2.10. The Bertz CT molecular complexity index is 826. The molecule has 3 aromatic rings. The summed E-state index contributed by atoms with van der Waals surface area (Å²) >= 11 is 9.26. The molecule has 3 rings (SSSR count). The van der Waals surface area contributed by atoms with Crippen molar-refractivity contribution >= 4 is 63.4 Å². The third-order valence-corrected chi connectivity index (χ3v) is 6.24. The fourth-order valence-corrected chi connectivity index (χ4v) is 4.96. The molecule has 0 aliphatic rings. The average molecular weight is 381 g/mol. The summed E-state index contributed by atoms with van der Waals surface area (Å²) in [5.41, 5.74) is 5.56. The quantitative estimate of drug-likeness (QED) is 0.503.